The van der Waals surface area contributed by atoms with Gasteiger partial charge in [0.05, 0.1) is 6.61 Å². The van der Waals surface area contributed by atoms with Gasteiger partial charge in [-0.25, -0.2) is 0 Å². The molecule has 1 atom stereocenters. The summed E-state index contributed by atoms with van der Waals surface area (Å²) in [5.74, 6) is 0.805. The van der Waals surface area contributed by atoms with E-state index in [1.165, 1.54) is 0 Å². The van der Waals surface area contributed by atoms with Crippen LogP contribution in [0.15, 0.2) is 12.1 Å². The topological polar surface area (TPSA) is 61.3 Å². The maximum atomic E-state index is 5.97. The van der Waals surface area contributed by atoms with E-state index >= 15 is 0 Å². The largest absolute Gasteiger partial charge is 0.493 e. The van der Waals surface area contributed by atoms with Crippen molar-refractivity contribution in [3.05, 3.63) is 28.3 Å². The molecule has 4 N–H and O–H groups in total. The number of hydrogen-bond donors (Lipinski definition) is 2. The second-order valence-electron chi connectivity index (χ2n) is 3.42. The Kier molecular flexibility index (Phi) is 4.39. The molecule has 0 saturated heterocycles. The molecule has 3 nitrogen and oxygen atoms in total. The second kappa shape index (κ2) is 5.35. The highest BCUT2D eigenvalue weighted by Gasteiger charge is 2.14. The van der Waals surface area contributed by atoms with Crippen LogP contribution in [0, 0.1) is 6.92 Å². The van der Waals surface area contributed by atoms with Crippen LogP contribution in [-0.4, -0.2) is 13.2 Å². The third kappa shape index (κ3) is 2.84. The lowest BCUT2D eigenvalue weighted by Crippen LogP contribution is -2.21. The predicted octanol–water partition coefficient (Wildman–Crippen LogP) is 2.01. The first-order valence-electron chi connectivity index (χ1n) is 4.98. The monoisotopic (exact) mass is 228 g/mol. The lowest BCUT2D eigenvalue weighted by molar-refractivity contribution is 0.332. The molecule has 0 aliphatic rings. The third-order valence-electron chi connectivity index (χ3n) is 2.21. The normalized spacial score (nSPS) is 12.6. The fourth-order valence-corrected chi connectivity index (χ4v) is 1.78. The van der Waals surface area contributed by atoms with Crippen LogP contribution < -0.4 is 16.2 Å². The maximum absolute atomic E-state index is 5.97. The van der Waals surface area contributed by atoms with E-state index in [0.717, 1.165) is 16.9 Å². The van der Waals surface area contributed by atoms with Gasteiger partial charge in [-0.2, -0.15) is 0 Å². The average molecular weight is 229 g/mol. The Morgan fingerprint density at radius 1 is 1.47 bits per heavy atom. The first-order chi connectivity index (χ1) is 7.10. The van der Waals surface area contributed by atoms with Crippen molar-refractivity contribution in [2.75, 3.05) is 13.2 Å². The summed E-state index contributed by atoms with van der Waals surface area (Å²) in [5, 5.41) is 0.662. The number of ether oxygens (including phenoxy) is 1. The Bertz CT molecular complexity index is 342. The van der Waals surface area contributed by atoms with E-state index in [0.29, 0.717) is 18.2 Å². The van der Waals surface area contributed by atoms with Crippen molar-refractivity contribution in [1.29, 1.82) is 0 Å². The molecule has 1 aromatic rings. The number of halogens is 1. The van der Waals surface area contributed by atoms with Gasteiger partial charge < -0.3 is 16.2 Å². The number of hydrogen-bond acceptors (Lipinski definition) is 3. The maximum Gasteiger partial charge on any atom is 0.127 e. The first kappa shape index (κ1) is 12.3. The number of aryl methyl sites for hydroxylation is 1. The summed E-state index contributed by atoms with van der Waals surface area (Å²) in [6.07, 6.45) is 0. The summed E-state index contributed by atoms with van der Waals surface area (Å²) < 4.78 is 5.55. The molecule has 4 heteroatoms. The Labute approximate surface area is 95.4 Å². The lowest BCUT2D eigenvalue weighted by atomic mass is 10.0. The van der Waals surface area contributed by atoms with Gasteiger partial charge in [-0.15, -0.1) is 0 Å². The van der Waals surface area contributed by atoms with Gasteiger partial charge in [-0.05, 0) is 31.5 Å². The van der Waals surface area contributed by atoms with Crippen LogP contribution in [0.3, 0.4) is 0 Å². The van der Waals surface area contributed by atoms with Crippen molar-refractivity contribution in [3.8, 4) is 5.75 Å². The van der Waals surface area contributed by atoms with Crippen molar-refractivity contribution < 1.29 is 4.74 Å². The number of rotatable bonds is 4. The van der Waals surface area contributed by atoms with Crippen LogP contribution in [0.4, 0.5) is 0 Å². The summed E-state index contributed by atoms with van der Waals surface area (Å²) in [7, 11) is 0. The minimum absolute atomic E-state index is 0.232. The van der Waals surface area contributed by atoms with Crippen molar-refractivity contribution in [2.45, 2.75) is 19.9 Å². The van der Waals surface area contributed by atoms with Crippen molar-refractivity contribution >= 4 is 11.6 Å². The Hall–Kier alpha value is -0.770. The molecule has 84 valence electrons. The third-order valence-corrected chi connectivity index (χ3v) is 2.43. The molecule has 0 spiro atoms. The SMILES string of the molecule is CCOc1c(C)cc(Cl)cc1C(N)CN. The van der Waals surface area contributed by atoms with Gasteiger partial charge in [0, 0.05) is 23.2 Å². The summed E-state index contributed by atoms with van der Waals surface area (Å²) in [6.45, 7) is 4.86. The standard InChI is InChI=1S/C11H17ClN2O/c1-3-15-11-7(2)4-8(12)5-9(11)10(14)6-13/h4-5,10H,3,6,13-14H2,1-2H3. The molecule has 0 fully saturated rings. The van der Waals surface area contributed by atoms with Crippen molar-refractivity contribution in [2.24, 2.45) is 11.5 Å². The molecule has 0 aliphatic heterocycles. The molecule has 0 amide bonds. The van der Waals surface area contributed by atoms with E-state index in [4.69, 9.17) is 27.8 Å². The van der Waals surface area contributed by atoms with Gasteiger partial charge in [-0.3, -0.25) is 0 Å². The van der Waals surface area contributed by atoms with Gasteiger partial charge in [-0.1, -0.05) is 11.6 Å². The van der Waals surface area contributed by atoms with Gasteiger partial charge in [0.2, 0.25) is 0 Å². The quantitative estimate of drug-likeness (QED) is 0.829. The molecule has 0 saturated carbocycles. The van der Waals surface area contributed by atoms with Crippen LogP contribution in [0.5, 0.6) is 5.75 Å². The van der Waals surface area contributed by atoms with E-state index in [2.05, 4.69) is 0 Å². The van der Waals surface area contributed by atoms with Gasteiger partial charge in [0.25, 0.3) is 0 Å². The fraction of sp³-hybridized carbons (Fsp3) is 0.455. The minimum Gasteiger partial charge on any atom is -0.493 e. The van der Waals surface area contributed by atoms with E-state index in [-0.39, 0.29) is 6.04 Å². The van der Waals surface area contributed by atoms with Crippen LogP contribution >= 0.6 is 11.6 Å². The molecule has 1 aromatic carbocycles. The highest BCUT2D eigenvalue weighted by Crippen LogP contribution is 2.31. The molecule has 0 aliphatic carbocycles. The zero-order valence-corrected chi connectivity index (χ0v) is 9.84. The van der Waals surface area contributed by atoms with E-state index in [9.17, 15) is 0 Å². The second-order valence-corrected chi connectivity index (χ2v) is 3.85. The molecule has 0 heterocycles. The van der Waals surface area contributed by atoms with Gasteiger partial charge >= 0.3 is 0 Å². The van der Waals surface area contributed by atoms with Crippen LogP contribution in [0.25, 0.3) is 0 Å². The van der Waals surface area contributed by atoms with Crippen molar-refractivity contribution in [1.82, 2.24) is 0 Å². The van der Waals surface area contributed by atoms with Crippen LogP contribution in [0.2, 0.25) is 5.02 Å². The summed E-state index contributed by atoms with van der Waals surface area (Å²) in [6, 6.07) is 3.44. The molecule has 0 bridgehead atoms. The van der Waals surface area contributed by atoms with E-state index < -0.39 is 0 Å². The first-order valence-corrected chi connectivity index (χ1v) is 5.36. The summed E-state index contributed by atoms with van der Waals surface area (Å²) >= 11 is 5.97. The summed E-state index contributed by atoms with van der Waals surface area (Å²) in [5.41, 5.74) is 13.3. The Morgan fingerprint density at radius 2 is 2.13 bits per heavy atom. The summed E-state index contributed by atoms with van der Waals surface area (Å²) in [4.78, 5) is 0. The number of benzene rings is 1. The Morgan fingerprint density at radius 3 is 2.67 bits per heavy atom. The molecular weight excluding hydrogens is 212 g/mol. The average Bonchev–Trinajstić information content (AvgIpc) is 2.20. The highest BCUT2D eigenvalue weighted by atomic mass is 35.5. The van der Waals surface area contributed by atoms with Crippen LogP contribution in [0.1, 0.15) is 24.1 Å². The molecule has 1 unspecified atom stereocenters. The lowest BCUT2D eigenvalue weighted by Gasteiger charge is -2.17. The van der Waals surface area contributed by atoms with E-state index in [1.54, 1.807) is 0 Å². The van der Waals surface area contributed by atoms with Crippen LogP contribution in [-0.2, 0) is 0 Å². The van der Waals surface area contributed by atoms with Gasteiger partial charge in [0.1, 0.15) is 5.75 Å². The zero-order chi connectivity index (χ0) is 11.4. The zero-order valence-electron chi connectivity index (χ0n) is 9.09. The minimum atomic E-state index is -0.232. The smallest absolute Gasteiger partial charge is 0.127 e. The molecule has 0 radical (unpaired) electrons. The molecule has 15 heavy (non-hydrogen) atoms. The molecule has 1 rings (SSSR count). The van der Waals surface area contributed by atoms with E-state index in [1.807, 2.05) is 26.0 Å². The van der Waals surface area contributed by atoms with Crippen molar-refractivity contribution in [3.63, 3.8) is 0 Å². The fourth-order valence-electron chi connectivity index (χ4n) is 1.50. The predicted molar refractivity (Wildman–Crippen MR) is 63.3 cm³/mol. The highest BCUT2D eigenvalue weighted by molar-refractivity contribution is 6.30. The molecular formula is C11H17ClN2O. The van der Waals surface area contributed by atoms with Gasteiger partial charge in [0.15, 0.2) is 0 Å². The number of nitrogens with two attached hydrogens (primary N) is 2. The molecule has 0 aromatic heterocycles. The Balaban J connectivity index is 3.20.